The number of sulfonamides is 1. The Hall–Kier alpha value is -2.78. The maximum atomic E-state index is 12.3. The third kappa shape index (κ3) is 7.76. The topological polar surface area (TPSA) is 97.3 Å². The Morgan fingerprint density at radius 2 is 1.90 bits per heavy atom. The van der Waals surface area contributed by atoms with Crippen LogP contribution in [0.2, 0.25) is 5.02 Å². The van der Waals surface area contributed by atoms with Gasteiger partial charge in [-0.3, -0.25) is 9.10 Å². The Balaban J connectivity index is 2.01. The highest BCUT2D eigenvalue weighted by molar-refractivity contribution is 7.92. The van der Waals surface area contributed by atoms with Crippen LogP contribution < -0.4 is 19.2 Å². The molecule has 0 aliphatic heterocycles. The van der Waals surface area contributed by atoms with Crippen LogP contribution in [0.4, 0.5) is 5.69 Å². The van der Waals surface area contributed by atoms with Gasteiger partial charge in [-0.25, -0.2) is 13.8 Å². The number of benzene rings is 2. The molecule has 0 bridgehead atoms. The highest BCUT2D eigenvalue weighted by atomic mass is 35.5. The average molecular weight is 468 g/mol. The largest absolute Gasteiger partial charge is 0.495 e. The van der Waals surface area contributed by atoms with Gasteiger partial charge < -0.3 is 9.47 Å². The average Bonchev–Trinajstić information content (AvgIpc) is 2.70. The molecular formula is C21H26ClN3O5S. The monoisotopic (exact) mass is 467 g/mol. The first-order valence-electron chi connectivity index (χ1n) is 9.46. The molecule has 0 aliphatic carbocycles. The summed E-state index contributed by atoms with van der Waals surface area (Å²) in [6.45, 7) is 4.30. The van der Waals surface area contributed by atoms with Crippen molar-refractivity contribution in [3.63, 3.8) is 0 Å². The Morgan fingerprint density at radius 3 is 2.45 bits per heavy atom. The van der Waals surface area contributed by atoms with Crippen LogP contribution in [-0.2, 0) is 14.8 Å². The molecule has 0 unspecified atom stereocenters. The van der Waals surface area contributed by atoms with Crippen molar-refractivity contribution in [3.8, 4) is 11.5 Å². The van der Waals surface area contributed by atoms with Crippen LogP contribution in [0.15, 0.2) is 47.6 Å². The first kappa shape index (κ1) is 24.5. The molecule has 2 aromatic carbocycles. The van der Waals surface area contributed by atoms with E-state index in [1.54, 1.807) is 12.1 Å². The number of ether oxygens (including phenoxy) is 2. The van der Waals surface area contributed by atoms with E-state index < -0.39 is 22.5 Å². The minimum Gasteiger partial charge on any atom is -0.495 e. The van der Waals surface area contributed by atoms with E-state index in [1.807, 2.05) is 12.1 Å². The summed E-state index contributed by atoms with van der Waals surface area (Å²) in [7, 11) is -2.28. The minimum atomic E-state index is -3.74. The lowest BCUT2D eigenvalue weighted by Gasteiger charge is -2.21. The second-order valence-corrected chi connectivity index (χ2v) is 9.47. The molecule has 0 aromatic heterocycles. The van der Waals surface area contributed by atoms with Gasteiger partial charge in [0.05, 0.1) is 36.9 Å². The Labute approximate surface area is 187 Å². The number of hydrogen-bond acceptors (Lipinski definition) is 6. The van der Waals surface area contributed by atoms with E-state index in [9.17, 15) is 13.2 Å². The smallest absolute Gasteiger partial charge is 0.260 e. The molecule has 1 amide bonds. The number of carbonyl (C=O) groups is 1. The van der Waals surface area contributed by atoms with Crippen LogP contribution >= 0.6 is 11.6 Å². The number of carbonyl (C=O) groups excluding carboxylic acids is 1. The van der Waals surface area contributed by atoms with Gasteiger partial charge in [-0.15, -0.1) is 0 Å². The third-order valence-electron chi connectivity index (χ3n) is 3.98. The number of rotatable bonds is 10. The molecule has 168 valence electrons. The normalized spacial score (nSPS) is 11.5. The van der Waals surface area contributed by atoms with E-state index in [-0.39, 0.29) is 10.7 Å². The summed E-state index contributed by atoms with van der Waals surface area (Å²) in [4.78, 5) is 12.3. The first-order chi connectivity index (χ1) is 14.6. The van der Waals surface area contributed by atoms with E-state index in [1.165, 1.54) is 31.5 Å². The molecule has 10 heteroatoms. The summed E-state index contributed by atoms with van der Waals surface area (Å²) < 4.78 is 36.0. The Bertz CT molecular complexity index is 1020. The van der Waals surface area contributed by atoms with Crippen molar-refractivity contribution >= 4 is 39.4 Å². The van der Waals surface area contributed by atoms with E-state index in [0.717, 1.165) is 21.9 Å². The maximum absolute atomic E-state index is 12.3. The van der Waals surface area contributed by atoms with Crippen molar-refractivity contribution in [1.29, 1.82) is 0 Å². The van der Waals surface area contributed by atoms with Gasteiger partial charge in [0.1, 0.15) is 18.0 Å². The number of amides is 1. The number of hydrogen-bond donors (Lipinski definition) is 1. The van der Waals surface area contributed by atoms with Crippen molar-refractivity contribution in [2.24, 2.45) is 11.0 Å². The minimum absolute atomic E-state index is 0.230. The predicted octanol–water partition coefficient (Wildman–Crippen LogP) is 3.30. The highest BCUT2D eigenvalue weighted by Gasteiger charge is 2.21. The summed E-state index contributed by atoms with van der Waals surface area (Å²) in [6.07, 6.45) is 2.46. The Morgan fingerprint density at radius 1 is 1.23 bits per heavy atom. The van der Waals surface area contributed by atoms with Crippen LogP contribution in [0.1, 0.15) is 19.4 Å². The standard InChI is InChI=1S/C21H26ClN3O5S/c1-15(2)14-30-18-8-5-16(6-9-18)12-23-24-21(26)13-25(31(4,27)28)17-7-10-20(29-3)19(22)11-17/h5-12,15H,13-14H2,1-4H3,(H,24,26)/b23-12-. The number of methoxy groups -OCH3 is 1. The fourth-order valence-corrected chi connectivity index (χ4v) is 3.57. The summed E-state index contributed by atoms with van der Waals surface area (Å²) in [5.74, 6) is 0.966. The lowest BCUT2D eigenvalue weighted by molar-refractivity contribution is -0.119. The second kappa shape index (κ2) is 11.0. The van der Waals surface area contributed by atoms with Crippen LogP contribution in [0.3, 0.4) is 0 Å². The van der Waals surface area contributed by atoms with Gasteiger partial charge in [0.2, 0.25) is 10.0 Å². The number of anilines is 1. The molecule has 0 saturated carbocycles. The zero-order valence-corrected chi connectivity index (χ0v) is 19.4. The molecule has 0 atom stereocenters. The van der Waals surface area contributed by atoms with E-state index in [4.69, 9.17) is 21.1 Å². The molecule has 0 spiro atoms. The van der Waals surface area contributed by atoms with Crippen molar-refractivity contribution in [2.45, 2.75) is 13.8 Å². The van der Waals surface area contributed by atoms with Crippen LogP contribution in [0.25, 0.3) is 0 Å². The molecule has 31 heavy (non-hydrogen) atoms. The molecule has 8 nitrogen and oxygen atoms in total. The molecular weight excluding hydrogens is 442 g/mol. The number of nitrogens with zero attached hydrogens (tertiary/aromatic N) is 2. The van der Waals surface area contributed by atoms with Gasteiger partial charge in [-0.05, 0) is 53.9 Å². The molecule has 0 aliphatic rings. The zero-order valence-electron chi connectivity index (χ0n) is 17.8. The number of halogens is 1. The molecule has 0 radical (unpaired) electrons. The summed E-state index contributed by atoms with van der Waals surface area (Å²) in [5.41, 5.74) is 3.32. The van der Waals surface area contributed by atoms with Gasteiger partial charge in [0, 0.05) is 0 Å². The molecule has 2 aromatic rings. The molecule has 0 fully saturated rings. The van der Waals surface area contributed by atoms with Crippen LogP contribution in [-0.4, -0.2) is 47.1 Å². The van der Waals surface area contributed by atoms with Gasteiger partial charge in [0.25, 0.3) is 5.91 Å². The Kier molecular flexibility index (Phi) is 8.70. The number of nitrogens with one attached hydrogen (secondary N) is 1. The predicted molar refractivity (Wildman–Crippen MR) is 123 cm³/mol. The van der Waals surface area contributed by atoms with Gasteiger partial charge in [-0.2, -0.15) is 5.10 Å². The van der Waals surface area contributed by atoms with E-state index >= 15 is 0 Å². The van der Waals surface area contributed by atoms with E-state index in [0.29, 0.717) is 18.3 Å². The molecule has 1 N–H and O–H groups in total. The second-order valence-electron chi connectivity index (χ2n) is 7.16. The highest BCUT2D eigenvalue weighted by Crippen LogP contribution is 2.30. The molecule has 0 heterocycles. The van der Waals surface area contributed by atoms with Gasteiger partial charge in [-0.1, -0.05) is 25.4 Å². The number of hydrazone groups is 1. The summed E-state index contributed by atoms with van der Waals surface area (Å²) in [5, 5.41) is 4.12. The van der Waals surface area contributed by atoms with E-state index in [2.05, 4.69) is 24.4 Å². The SMILES string of the molecule is COc1ccc(N(CC(=O)N/N=C\c2ccc(OCC(C)C)cc2)S(C)(=O)=O)cc1Cl. The third-order valence-corrected chi connectivity index (χ3v) is 5.41. The quantitative estimate of drug-likeness (QED) is 0.427. The van der Waals surface area contributed by atoms with Crippen molar-refractivity contribution in [2.75, 3.05) is 30.8 Å². The van der Waals surface area contributed by atoms with Crippen molar-refractivity contribution in [1.82, 2.24) is 5.43 Å². The van der Waals surface area contributed by atoms with Crippen molar-refractivity contribution in [3.05, 3.63) is 53.1 Å². The van der Waals surface area contributed by atoms with Gasteiger partial charge >= 0.3 is 0 Å². The maximum Gasteiger partial charge on any atom is 0.260 e. The summed E-state index contributed by atoms with van der Waals surface area (Å²) >= 11 is 6.08. The summed E-state index contributed by atoms with van der Waals surface area (Å²) in [6, 6.07) is 11.7. The fourth-order valence-electron chi connectivity index (χ4n) is 2.47. The first-order valence-corrected chi connectivity index (χ1v) is 11.7. The fraction of sp³-hybridized carbons (Fsp3) is 0.333. The molecule has 0 saturated heterocycles. The van der Waals surface area contributed by atoms with Crippen LogP contribution in [0, 0.1) is 5.92 Å². The van der Waals surface area contributed by atoms with Crippen molar-refractivity contribution < 1.29 is 22.7 Å². The van der Waals surface area contributed by atoms with Gasteiger partial charge in [0.15, 0.2) is 0 Å². The zero-order chi connectivity index (χ0) is 23.0. The lowest BCUT2D eigenvalue weighted by atomic mass is 10.2. The molecule has 2 rings (SSSR count). The lowest BCUT2D eigenvalue weighted by Crippen LogP contribution is -2.39. The van der Waals surface area contributed by atoms with Crippen LogP contribution in [0.5, 0.6) is 11.5 Å².